The number of pyridine rings is 1. The third-order valence-corrected chi connectivity index (χ3v) is 4.25. The molecule has 0 saturated heterocycles. The zero-order valence-corrected chi connectivity index (χ0v) is 14.0. The summed E-state index contributed by atoms with van der Waals surface area (Å²) in [6.45, 7) is 11.5. The van der Waals surface area contributed by atoms with Crippen LogP contribution in [0.15, 0.2) is 49.2 Å². The maximum Gasteiger partial charge on any atom is 0.147 e. The van der Waals surface area contributed by atoms with Crippen LogP contribution in [0.25, 0.3) is 11.0 Å². The lowest BCUT2D eigenvalue weighted by atomic mass is 10.1. The minimum absolute atomic E-state index is 0.554. The zero-order valence-electron chi connectivity index (χ0n) is 14.0. The molecule has 0 N–H and O–H groups in total. The minimum Gasteiger partial charge on any atom is -0.487 e. The summed E-state index contributed by atoms with van der Waals surface area (Å²) in [6, 6.07) is 10.3. The molecule has 0 atom stereocenters. The van der Waals surface area contributed by atoms with Gasteiger partial charge in [-0.3, -0.25) is 4.98 Å². The van der Waals surface area contributed by atoms with Crippen molar-refractivity contribution in [2.45, 2.75) is 33.9 Å². The molecule has 3 rings (SSSR count). The van der Waals surface area contributed by atoms with Gasteiger partial charge >= 0.3 is 0 Å². The van der Waals surface area contributed by atoms with Gasteiger partial charge in [0.2, 0.25) is 0 Å². The molecule has 0 fully saturated rings. The molecular formula is C20H22N2O. The first-order valence-electron chi connectivity index (χ1n) is 7.85. The van der Waals surface area contributed by atoms with Crippen LogP contribution in [-0.4, -0.2) is 9.55 Å². The van der Waals surface area contributed by atoms with Crippen LogP contribution < -0.4 is 4.74 Å². The van der Waals surface area contributed by atoms with E-state index < -0.39 is 0 Å². The van der Waals surface area contributed by atoms with E-state index in [-0.39, 0.29) is 0 Å². The van der Waals surface area contributed by atoms with E-state index >= 15 is 0 Å². The fraction of sp³-hybridized carbons (Fsp3) is 0.250. The van der Waals surface area contributed by atoms with Crippen LogP contribution in [-0.2, 0) is 13.2 Å². The molecule has 3 heteroatoms. The molecule has 0 radical (unpaired) electrons. The molecule has 118 valence electrons. The van der Waals surface area contributed by atoms with Crippen LogP contribution in [0.1, 0.15) is 22.4 Å². The van der Waals surface area contributed by atoms with Gasteiger partial charge in [-0.05, 0) is 31.9 Å². The van der Waals surface area contributed by atoms with Crippen molar-refractivity contribution in [3.05, 3.63) is 71.6 Å². The van der Waals surface area contributed by atoms with Crippen LogP contribution in [0.2, 0.25) is 0 Å². The molecule has 3 aromatic rings. The Hall–Kier alpha value is -2.55. The molecule has 0 saturated carbocycles. The average molecular weight is 306 g/mol. The molecule has 2 heterocycles. The SMILES string of the molecule is C=CCn1c(C)c(C)c2nccc(OCc3cccc(C)c3)c21. The number of aromatic nitrogens is 2. The van der Waals surface area contributed by atoms with E-state index in [2.05, 4.69) is 61.2 Å². The van der Waals surface area contributed by atoms with Crippen molar-refractivity contribution in [2.75, 3.05) is 0 Å². The van der Waals surface area contributed by atoms with E-state index in [1.807, 2.05) is 18.3 Å². The van der Waals surface area contributed by atoms with Crippen molar-refractivity contribution in [1.82, 2.24) is 9.55 Å². The Labute approximate surface area is 137 Å². The van der Waals surface area contributed by atoms with Crippen molar-refractivity contribution in [3.63, 3.8) is 0 Å². The lowest BCUT2D eigenvalue weighted by Crippen LogP contribution is -2.01. The molecule has 0 aliphatic carbocycles. The number of hydrogen-bond acceptors (Lipinski definition) is 2. The van der Waals surface area contributed by atoms with Gasteiger partial charge in [-0.15, -0.1) is 6.58 Å². The normalized spacial score (nSPS) is 10.9. The Bertz CT molecular complexity index is 861. The predicted octanol–water partition coefficient (Wildman–Crippen LogP) is 4.73. The summed E-state index contributed by atoms with van der Waals surface area (Å²) in [6.07, 6.45) is 3.72. The van der Waals surface area contributed by atoms with Gasteiger partial charge in [0.15, 0.2) is 0 Å². The first-order chi connectivity index (χ1) is 11.1. The molecule has 3 nitrogen and oxygen atoms in total. The predicted molar refractivity (Wildman–Crippen MR) is 94.9 cm³/mol. The second-order valence-electron chi connectivity index (χ2n) is 5.89. The maximum atomic E-state index is 6.12. The molecule has 1 aromatic carbocycles. The van der Waals surface area contributed by atoms with Gasteiger partial charge in [-0.2, -0.15) is 0 Å². The van der Waals surface area contributed by atoms with Crippen LogP contribution in [0.4, 0.5) is 0 Å². The fourth-order valence-electron chi connectivity index (χ4n) is 2.95. The van der Waals surface area contributed by atoms with E-state index in [0.29, 0.717) is 6.61 Å². The highest BCUT2D eigenvalue weighted by molar-refractivity contribution is 5.86. The monoisotopic (exact) mass is 306 g/mol. The van der Waals surface area contributed by atoms with E-state index in [1.54, 1.807) is 0 Å². The topological polar surface area (TPSA) is 27.1 Å². The second kappa shape index (κ2) is 6.29. The Morgan fingerprint density at radius 1 is 1.22 bits per heavy atom. The number of allylic oxidation sites excluding steroid dienone is 1. The third-order valence-electron chi connectivity index (χ3n) is 4.25. The van der Waals surface area contributed by atoms with Crippen molar-refractivity contribution >= 4 is 11.0 Å². The number of nitrogens with zero attached hydrogens (tertiary/aromatic N) is 2. The number of ether oxygens (including phenoxy) is 1. The van der Waals surface area contributed by atoms with Gasteiger partial charge in [-0.1, -0.05) is 35.9 Å². The molecule has 0 spiro atoms. The molecule has 0 unspecified atom stereocenters. The summed E-state index contributed by atoms with van der Waals surface area (Å²) in [7, 11) is 0. The summed E-state index contributed by atoms with van der Waals surface area (Å²) in [5.74, 6) is 0.870. The number of fused-ring (bicyclic) bond motifs is 1. The highest BCUT2D eigenvalue weighted by atomic mass is 16.5. The lowest BCUT2D eigenvalue weighted by molar-refractivity contribution is 0.308. The molecular weight excluding hydrogens is 284 g/mol. The highest BCUT2D eigenvalue weighted by Crippen LogP contribution is 2.31. The van der Waals surface area contributed by atoms with Crippen LogP contribution in [0, 0.1) is 20.8 Å². The smallest absolute Gasteiger partial charge is 0.147 e. The van der Waals surface area contributed by atoms with Gasteiger partial charge in [0.1, 0.15) is 17.9 Å². The summed E-state index contributed by atoms with van der Waals surface area (Å²) in [4.78, 5) is 4.54. The van der Waals surface area contributed by atoms with Crippen molar-refractivity contribution < 1.29 is 4.74 Å². The second-order valence-corrected chi connectivity index (χ2v) is 5.89. The van der Waals surface area contributed by atoms with Gasteiger partial charge in [0.05, 0.1) is 5.52 Å². The molecule has 0 aliphatic rings. The quantitative estimate of drug-likeness (QED) is 0.637. The molecule has 2 aromatic heterocycles. The van der Waals surface area contributed by atoms with Crippen molar-refractivity contribution in [2.24, 2.45) is 0 Å². The summed E-state index contributed by atoms with van der Waals surface area (Å²) in [5, 5.41) is 0. The minimum atomic E-state index is 0.554. The van der Waals surface area contributed by atoms with Crippen LogP contribution in [0.3, 0.4) is 0 Å². The highest BCUT2D eigenvalue weighted by Gasteiger charge is 2.15. The Kier molecular flexibility index (Phi) is 4.20. The zero-order chi connectivity index (χ0) is 16.4. The maximum absolute atomic E-state index is 6.12. The molecule has 0 amide bonds. The Balaban J connectivity index is 2.00. The Morgan fingerprint density at radius 3 is 2.78 bits per heavy atom. The molecule has 0 aliphatic heterocycles. The third kappa shape index (κ3) is 2.87. The lowest BCUT2D eigenvalue weighted by Gasteiger charge is -2.11. The number of benzene rings is 1. The summed E-state index contributed by atoms with van der Waals surface area (Å²) in [5.41, 5.74) is 6.88. The number of hydrogen-bond donors (Lipinski definition) is 0. The van der Waals surface area contributed by atoms with Gasteiger partial charge in [0, 0.05) is 24.5 Å². The van der Waals surface area contributed by atoms with E-state index in [9.17, 15) is 0 Å². The van der Waals surface area contributed by atoms with Crippen LogP contribution in [0.5, 0.6) is 5.75 Å². The van der Waals surface area contributed by atoms with E-state index in [1.165, 1.54) is 22.4 Å². The van der Waals surface area contributed by atoms with Gasteiger partial charge in [0.25, 0.3) is 0 Å². The van der Waals surface area contributed by atoms with Crippen molar-refractivity contribution in [3.8, 4) is 5.75 Å². The first kappa shape index (κ1) is 15.3. The van der Waals surface area contributed by atoms with Gasteiger partial charge in [-0.25, -0.2) is 0 Å². The average Bonchev–Trinajstić information content (AvgIpc) is 2.79. The standard InChI is InChI=1S/C20H22N2O/c1-5-11-22-16(4)15(3)19-20(22)18(9-10-21-19)23-13-17-8-6-7-14(2)12-17/h5-10,12H,1,11,13H2,2-4H3. The van der Waals surface area contributed by atoms with E-state index in [0.717, 1.165) is 23.3 Å². The largest absolute Gasteiger partial charge is 0.487 e. The van der Waals surface area contributed by atoms with Gasteiger partial charge < -0.3 is 9.30 Å². The summed E-state index contributed by atoms with van der Waals surface area (Å²) < 4.78 is 8.34. The van der Waals surface area contributed by atoms with Crippen LogP contribution >= 0.6 is 0 Å². The number of rotatable bonds is 5. The molecule has 23 heavy (non-hydrogen) atoms. The summed E-state index contributed by atoms with van der Waals surface area (Å²) >= 11 is 0. The van der Waals surface area contributed by atoms with Crippen molar-refractivity contribution in [1.29, 1.82) is 0 Å². The Morgan fingerprint density at radius 2 is 2.04 bits per heavy atom. The van der Waals surface area contributed by atoms with E-state index in [4.69, 9.17) is 4.74 Å². The number of aryl methyl sites for hydroxylation is 2. The fourth-order valence-corrected chi connectivity index (χ4v) is 2.95. The molecule has 0 bridgehead atoms. The first-order valence-corrected chi connectivity index (χ1v) is 7.85.